The standard InChI is InChI=1S/C18H22ClN5O2/c1-11-8-16(23-18(20)22-11)24-6-3-7-26-10-15(24)13-5-4-12(9-14(13)19)17(25)21-2/h4-5,8-9,15H,3,6-7,10H2,1-2H3,(H,21,25)(H2,20,22,23)/t15-/m1/s1. The van der Waals surface area contributed by atoms with Crippen LogP contribution in [-0.4, -0.2) is 42.7 Å². The fraction of sp³-hybridized carbons (Fsp3) is 0.389. The van der Waals surface area contributed by atoms with Crippen LogP contribution in [0.2, 0.25) is 5.02 Å². The van der Waals surface area contributed by atoms with E-state index in [4.69, 9.17) is 22.1 Å². The molecule has 0 aliphatic carbocycles. The summed E-state index contributed by atoms with van der Waals surface area (Å²) in [7, 11) is 1.59. The second-order valence-electron chi connectivity index (χ2n) is 6.18. The second-order valence-corrected chi connectivity index (χ2v) is 6.59. The van der Waals surface area contributed by atoms with Gasteiger partial charge in [-0.25, -0.2) is 4.98 Å². The lowest BCUT2D eigenvalue weighted by molar-refractivity contribution is 0.0963. The van der Waals surface area contributed by atoms with Crippen LogP contribution in [0.4, 0.5) is 11.8 Å². The van der Waals surface area contributed by atoms with E-state index in [1.165, 1.54) is 0 Å². The number of carbonyl (C=O) groups is 1. The van der Waals surface area contributed by atoms with Crippen LogP contribution < -0.4 is 16.0 Å². The van der Waals surface area contributed by atoms with Gasteiger partial charge >= 0.3 is 0 Å². The van der Waals surface area contributed by atoms with Gasteiger partial charge in [0.1, 0.15) is 5.82 Å². The number of nitrogen functional groups attached to an aromatic ring is 1. The number of nitrogens with two attached hydrogens (primary N) is 1. The first-order valence-corrected chi connectivity index (χ1v) is 8.84. The minimum atomic E-state index is -0.174. The van der Waals surface area contributed by atoms with E-state index in [-0.39, 0.29) is 17.9 Å². The van der Waals surface area contributed by atoms with Gasteiger partial charge in [-0.1, -0.05) is 17.7 Å². The molecule has 0 saturated carbocycles. The molecule has 1 aliphatic heterocycles. The molecule has 1 aliphatic rings. The largest absolute Gasteiger partial charge is 0.379 e. The van der Waals surface area contributed by atoms with Crippen LogP contribution in [-0.2, 0) is 4.74 Å². The van der Waals surface area contributed by atoms with Crippen LogP contribution in [0.5, 0.6) is 0 Å². The average molecular weight is 376 g/mol. The first-order valence-electron chi connectivity index (χ1n) is 8.46. The van der Waals surface area contributed by atoms with Crippen molar-refractivity contribution in [2.45, 2.75) is 19.4 Å². The van der Waals surface area contributed by atoms with E-state index in [0.29, 0.717) is 23.8 Å². The molecule has 1 aromatic carbocycles. The van der Waals surface area contributed by atoms with Crippen molar-refractivity contribution in [1.29, 1.82) is 0 Å². The van der Waals surface area contributed by atoms with Crippen molar-refractivity contribution in [3.8, 4) is 0 Å². The summed E-state index contributed by atoms with van der Waals surface area (Å²) in [6, 6.07) is 7.09. The Morgan fingerprint density at radius 3 is 2.88 bits per heavy atom. The van der Waals surface area contributed by atoms with Crippen LogP contribution in [0.1, 0.15) is 34.1 Å². The highest BCUT2D eigenvalue weighted by atomic mass is 35.5. The van der Waals surface area contributed by atoms with Crippen LogP contribution in [0.3, 0.4) is 0 Å². The Kier molecular flexibility index (Phi) is 5.58. The van der Waals surface area contributed by atoms with E-state index in [9.17, 15) is 4.79 Å². The van der Waals surface area contributed by atoms with E-state index in [2.05, 4.69) is 20.2 Å². The van der Waals surface area contributed by atoms with Crippen molar-refractivity contribution in [3.63, 3.8) is 0 Å². The molecule has 26 heavy (non-hydrogen) atoms. The van der Waals surface area contributed by atoms with Gasteiger partial charge in [-0.2, -0.15) is 4.98 Å². The molecular weight excluding hydrogens is 354 g/mol. The molecule has 8 heteroatoms. The lowest BCUT2D eigenvalue weighted by Crippen LogP contribution is -2.32. The van der Waals surface area contributed by atoms with Gasteiger partial charge in [0.25, 0.3) is 5.91 Å². The van der Waals surface area contributed by atoms with Gasteiger partial charge in [-0.15, -0.1) is 0 Å². The minimum Gasteiger partial charge on any atom is -0.379 e. The predicted molar refractivity (Wildman–Crippen MR) is 102 cm³/mol. The number of benzene rings is 1. The Morgan fingerprint density at radius 1 is 1.38 bits per heavy atom. The summed E-state index contributed by atoms with van der Waals surface area (Å²) in [6.07, 6.45) is 0.868. The summed E-state index contributed by atoms with van der Waals surface area (Å²) in [6.45, 7) is 3.78. The van der Waals surface area contributed by atoms with Gasteiger partial charge in [-0.05, 0) is 31.0 Å². The van der Waals surface area contributed by atoms with Crippen molar-refractivity contribution >= 4 is 29.3 Å². The Morgan fingerprint density at radius 2 is 2.19 bits per heavy atom. The summed E-state index contributed by atoms with van der Waals surface area (Å²) < 4.78 is 5.77. The molecule has 2 heterocycles. The highest BCUT2D eigenvalue weighted by Gasteiger charge is 2.27. The number of rotatable bonds is 3. The Hall–Kier alpha value is -2.38. The zero-order chi connectivity index (χ0) is 18.7. The van der Waals surface area contributed by atoms with E-state index >= 15 is 0 Å². The van der Waals surface area contributed by atoms with Crippen molar-refractivity contribution in [2.75, 3.05) is 37.4 Å². The number of nitrogens with one attached hydrogen (secondary N) is 1. The molecule has 3 rings (SSSR count). The molecule has 0 spiro atoms. The van der Waals surface area contributed by atoms with Gasteiger partial charge in [0.05, 0.1) is 12.6 Å². The lowest BCUT2D eigenvalue weighted by atomic mass is 10.0. The molecule has 7 nitrogen and oxygen atoms in total. The molecule has 1 atom stereocenters. The molecule has 0 radical (unpaired) electrons. The third-order valence-corrected chi connectivity index (χ3v) is 4.67. The summed E-state index contributed by atoms with van der Waals surface area (Å²) in [4.78, 5) is 22.5. The molecule has 0 bridgehead atoms. The number of aryl methyl sites for hydroxylation is 1. The summed E-state index contributed by atoms with van der Waals surface area (Å²) in [5.41, 5.74) is 8.04. The quantitative estimate of drug-likeness (QED) is 0.855. The first kappa shape index (κ1) is 18.4. The molecule has 1 aromatic heterocycles. The maximum atomic E-state index is 11.8. The SMILES string of the molecule is CNC(=O)c1ccc([C@H]2COCCCN2c2cc(C)nc(N)n2)c(Cl)c1. The number of halogens is 1. The maximum Gasteiger partial charge on any atom is 0.251 e. The van der Waals surface area contributed by atoms with Crippen molar-refractivity contribution in [1.82, 2.24) is 15.3 Å². The predicted octanol–water partition coefficient (Wildman–Crippen LogP) is 2.35. The fourth-order valence-corrected chi connectivity index (χ4v) is 3.42. The van der Waals surface area contributed by atoms with Gasteiger partial charge < -0.3 is 20.7 Å². The number of amides is 1. The number of nitrogens with zero attached hydrogens (tertiary/aromatic N) is 3. The molecule has 138 valence electrons. The molecule has 2 aromatic rings. The molecule has 0 unspecified atom stereocenters. The lowest BCUT2D eigenvalue weighted by Gasteiger charge is -2.31. The van der Waals surface area contributed by atoms with Crippen LogP contribution in [0.15, 0.2) is 24.3 Å². The zero-order valence-electron chi connectivity index (χ0n) is 14.8. The number of hydrogen-bond donors (Lipinski definition) is 2. The summed E-state index contributed by atoms with van der Waals surface area (Å²) in [5, 5.41) is 3.12. The van der Waals surface area contributed by atoms with E-state index < -0.39 is 0 Å². The Labute approximate surface area is 157 Å². The van der Waals surface area contributed by atoms with Crippen molar-refractivity contribution in [3.05, 3.63) is 46.1 Å². The highest BCUT2D eigenvalue weighted by Crippen LogP contribution is 2.33. The Balaban J connectivity index is 2.00. The average Bonchev–Trinajstić information content (AvgIpc) is 2.86. The number of carbonyl (C=O) groups excluding carboxylic acids is 1. The second kappa shape index (κ2) is 7.88. The number of ether oxygens (including phenoxy) is 1. The number of aromatic nitrogens is 2. The molecule has 1 saturated heterocycles. The molecule has 1 amide bonds. The Bertz CT molecular complexity index is 794. The maximum absolute atomic E-state index is 11.8. The van der Waals surface area contributed by atoms with Gasteiger partial charge in [0.2, 0.25) is 5.95 Å². The van der Waals surface area contributed by atoms with Crippen LogP contribution >= 0.6 is 11.6 Å². The van der Waals surface area contributed by atoms with Gasteiger partial charge in [0, 0.05) is 42.5 Å². The zero-order valence-corrected chi connectivity index (χ0v) is 15.6. The van der Waals surface area contributed by atoms with E-state index in [0.717, 1.165) is 30.0 Å². The third kappa shape index (κ3) is 3.89. The van der Waals surface area contributed by atoms with Gasteiger partial charge in [0.15, 0.2) is 0 Å². The first-order chi connectivity index (χ1) is 12.5. The number of anilines is 2. The molecule has 3 N–H and O–H groups in total. The monoisotopic (exact) mass is 375 g/mol. The van der Waals surface area contributed by atoms with Crippen molar-refractivity contribution in [2.24, 2.45) is 0 Å². The smallest absolute Gasteiger partial charge is 0.251 e. The fourth-order valence-electron chi connectivity index (χ4n) is 3.11. The summed E-state index contributed by atoms with van der Waals surface area (Å²) >= 11 is 6.51. The normalized spacial score (nSPS) is 17.7. The van der Waals surface area contributed by atoms with Crippen LogP contribution in [0.25, 0.3) is 0 Å². The third-order valence-electron chi connectivity index (χ3n) is 4.34. The molecule has 1 fully saturated rings. The minimum absolute atomic E-state index is 0.127. The number of hydrogen-bond acceptors (Lipinski definition) is 6. The van der Waals surface area contributed by atoms with E-state index in [1.54, 1.807) is 19.2 Å². The summed E-state index contributed by atoms with van der Waals surface area (Å²) in [5.74, 6) is 0.813. The molecular formula is C18H22ClN5O2. The topological polar surface area (TPSA) is 93.4 Å². The van der Waals surface area contributed by atoms with Crippen molar-refractivity contribution < 1.29 is 9.53 Å². The van der Waals surface area contributed by atoms with E-state index in [1.807, 2.05) is 19.1 Å². The van der Waals surface area contributed by atoms with Gasteiger partial charge in [-0.3, -0.25) is 4.79 Å². The highest BCUT2D eigenvalue weighted by molar-refractivity contribution is 6.31. The van der Waals surface area contributed by atoms with Crippen LogP contribution in [0, 0.1) is 6.92 Å².